The Bertz CT molecular complexity index is 341. The maximum Gasteiger partial charge on any atom is 0.163 e. The molecule has 0 aliphatic rings. The van der Waals surface area contributed by atoms with Crippen molar-refractivity contribution in [1.29, 1.82) is 0 Å². The largest absolute Gasteiger partial charge is 0.294 e. The molecule has 0 N–H and O–H groups in total. The van der Waals surface area contributed by atoms with Crippen molar-refractivity contribution >= 4 is 29.1 Å². The molecule has 1 aromatic rings. The van der Waals surface area contributed by atoms with Crippen LogP contribution in [0.5, 0.6) is 0 Å². The summed E-state index contributed by atoms with van der Waals surface area (Å²) in [6.45, 7) is 0. The van der Waals surface area contributed by atoms with Crippen LogP contribution in [0.25, 0.3) is 0 Å². The highest BCUT2D eigenvalue weighted by molar-refractivity contribution is 7.98. The second kappa shape index (κ2) is 5.37. The van der Waals surface area contributed by atoms with Gasteiger partial charge in [-0.15, -0.1) is 0 Å². The molecule has 0 aliphatic heterocycles. The van der Waals surface area contributed by atoms with E-state index in [0.29, 0.717) is 12.0 Å². The fourth-order valence-electron chi connectivity index (χ4n) is 1.01. The average molecular weight is 233 g/mol. The van der Waals surface area contributed by atoms with E-state index in [0.717, 1.165) is 5.75 Å². The van der Waals surface area contributed by atoms with Crippen LogP contribution >= 0.6 is 23.4 Å². The molecule has 0 radical (unpaired) electrons. The highest BCUT2D eigenvalue weighted by atomic mass is 35.5. The van der Waals surface area contributed by atoms with Gasteiger partial charge in [0.05, 0.1) is 5.02 Å². The monoisotopic (exact) mass is 232 g/mol. The molecular weight excluding hydrogens is 223 g/mol. The first-order valence-corrected chi connectivity index (χ1v) is 5.89. The minimum Gasteiger partial charge on any atom is -0.294 e. The van der Waals surface area contributed by atoms with Gasteiger partial charge in [0.1, 0.15) is 5.82 Å². The second-order valence-corrected chi connectivity index (χ2v) is 4.19. The van der Waals surface area contributed by atoms with Crippen LogP contribution in [0.1, 0.15) is 16.8 Å². The van der Waals surface area contributed by atoms with Crippen molar-refractivity contribution in [3.05, 3.63) is 34.6 Å². The minimum absolute atomic E-state index is 0.0464. The molecule has 0 aromatic heterocycles. The van der Waals surface area contributed by atoms with Gasteiger partial charge in [-0.1, -0.05) is 11.6 Å². The smallest absolute Gasteiger partial charge is 0.163 e. The number of halogens is 2. The van der Waals surface area contributed by atoms with Gasteiger partial charge in [0.2, 0.25) is 0 Å². The first kappa shape index (κ1) is 11.5. The Labute approximate surface area is 91.6 Å². The van der Waals surface area contributed by atoms with Gasteiger partial charge in [-0.25, -0.2) is 4.39 Å². The summed E-state index contributed by atoms with van der Waals surface area (Å²) in [7, 11) is 0. The Morgan fingerprint density at radius 1 is 1.57 bits per heavy atom. The van der Waals surface area contributed by atoms with E-state index >= 15 is 0 Å². The quantitative estimate of drug-likeness (QED) is 0.740. The molecular formula is C10H10ClFOS. The summed E-state index contributed by atoms with van der Waals surface area (Å²) in [6, 6.07) is 4.14. The number of ketones is 1. The molecule has 76 valence electrons. The summed E-state index contributed by atoms with van der Waals surface area (Å²) >= 11 is 7.09. The van der Waals surface area contributed by atoms with Gasteiger partial charge >= 0.3 is 0 Å². The van der Waals surface area contributed by atoms with Gasteiger partial charge < -0.3 is 0 Å². The van der Waals surface area contributed by atoms with E-state index in [4.69, 9.17) is 11.6 Å². The number of Topliss-reactive ketones (excluding diaryl/α,β-unsaturated/α-hetero) is 1. The van der Waals surface area contributed by atoms with Crippen LogP contribution in [-0.4, -0.2) is 17.8 Å². The molecule has 4 heteroatoms. The first-order valence-electron chi connectivity index (χ1n) is 4.12. The Morgan fingerprint density at radius 3 is 2.86 bits per heavy atom. The van der Waals surface area contributed by atoms with Gasteiger partial charge in [-0.2, -0.15) is 11.8 Å². The zero-order chi connectivity index (χ0) is 10.6. The molecule has 0 saturated heterocycles. The lowest BCUT2D eigenvalue weighted by molar-refractivity contribution is 0.0989. The Morgan fingerprint density at radius 2 is 2.29 bits per heavy atom. The van der Waals surface area contributed by atoms with E-state index in [-0.39, 0.29) is 10.8 Å². The lowest BCUT2D eigenvalue weighted by Crippen LogP contribution is -2.00. The van der Waals surface area contributed by atoms with E-state index in [1.165, 1.54) is 12.1 Å². The summed E-state index contributed by atoms with van der Waals surface area (Å²) in [5, 5.41) is 0.0476. The molecule has 14 heavy (non-hydrogen) atoms. The predicted molar refractivity (Wildman–Crippen MR) is 58.7 cm³/mol. The number of hydrogen-bond donors (Lipinski definition) is 0. The van der Waals surface area contributed by atoms with Crippen molar-refractivity contribution < 1.29 is 9.18 Å². The predicted octanol–water partition coefficient (Wildman–Crippen LogP) is 3.41. The summed E-state index contributed by atoms with van der Waals surface area (Å²) in [4.78, 5) is 11.4. The third kappa shape index (κ3) is 3.00. The average Bonchev–Trinajstić information content (AvgIpc) is 2.18. The zero-order valence-electron chi connectivity index (χ0n) is 7.72. The van der Waals surface area contributed by atoms with Gasteiger partial charge in [0.15, 0.2) is 5.78 Å². The van der Waals surface area contributed by atoms with Crippen molar-refractivity contribution in [1.82, 2.24) is 0 Å². The molecule has 0 saturated carbocycles. The van der Waals surface area contributed by atoms with Gasteiger partial charge in [0, 0.05) is 17.7 Å². The Balaban J connectivity index is 2.76. The van der Waals surface area contributed by atoms with Crippen molar-refractivity contribution in [3.63, 3.8) is 0 Å². The topological polar surface area (TPSA) is 17.1 Å². The van der Waals surface area contributed by atoms with Crippen LogP contribution in [0.3, 0.4) is 0 Å². The third-order valence-electron chi connectivity index (χ3n) is 1.77. The van der Waals surface area contributed by atoms with E-state index in [2.05, 4.69) is 0 Å². The van der Waals surface area contributed by atoms with Crippen molar-refractivity contribution in [2.75, 3.05) is 12.0 Å². The molecule has 0 bridgehead atoms. The maximum absolute atomic E-state index is 13.0. The van der Waals surface area contributed by atoms with E-state index in [9.17, 15) is 9.18 Å². The van der Waals surface area contributed by atoms with Crippen LogP contribution in [-0.2, 0) is 0 Å². The fraction of sp³-hybridized carbons (Fsp3) is 0.300. The van der Waals surface area contributed by atoms with E-state index in [1.807, 2.05) is 6.26 Å². The van der Waals surface area contributed by atoms with E-state index in [1.54, 1.807) is 17.8 Å². The molecule has 0 atom stereocenters. The summed E-state index contributed by atoms with van der Waals surface area (Å²) in [5.41, 5.74) is 0.390. The SMILES string of the molecule is CSCCC(=O)c1ccc(Cl)c(F)c1. The number of benzene rings is 1. The van der Waals surface area contributed by atoms with E-state index < -0.39 is 5.82 Å². The highest BCUT2D eigenvalue weighted by Crippen LogP contribution is 2.16. The normalized spacial score (nSPS) is 10.2. The molecule has 1 nitrogen and oxygen atoms in total. The van der Waals surface area contributed by atoms with Crippen LogP contribution < -0.4 is 0 Å². The van der Waals surface area contributed by atoms with Crippen LogP contribution in [0, 0.1) is 5.82 Å². The number of hydrogen-bond acceptors (Lipinski definition) is 2. The lowest BCUT2D eigenvalue weighted by atomic mass is 10.1. The number of rotatable bonds is 4. The zero-order valence-corrected chi connectivity index (χ0v) is 9.29. The molecule has 1 rings (SSSR count). The lowest BCUT2D eigenvalue weighted by Gasteiger charge is -2.00. The molecule has 0 aliphatic carbocycles. The minimum atomic E-state index is -0.540. The number of carbonyl (C=O) groups excluding carboxylic acids is 1. The second-order valence-electron chi connectivity index (χ2n) is 2.79. The van der Waals surface area contributed by atoms with Gasteiger partial charge in [0.25, 0.3) is 0 Å². The van der Waals surface area contributed by atoms with Gasteiger partial charge in [-0.05, 0) is 24.5 Å². The molecule has 0 spiro atoms. The maximum atomic E-state index is 13.0. The highest BCUT2D eigenvalue weighted by Gasteiger charge is 2.08. The summed E-state index contributed by atoms with van der Waals surface area (Å²) in [6.07, 6.45) is 2.36. The summed E-state index contributed by atoms with van der Waals surface area (Å²) in [5.74, 6) is 0.167. The Hall–Kier alpha value is -0.540. The molecule has 0 heterocycles. The summed E-state index contributed by atoms with van der Waals surface area (Å²) < 4.78 is 13.0. The van der Waals surface area contributed by atoms with Crippen LogP contribution in [0.4, 0.5) is 4.39 Å². The fourth-order valence-corrected chi connectivity index (χ4v) is 1.52. The molecule has 0 fully saturated rings. The Kier molecular flexibility index (Phi) is 4.42. The molecule has 0 amide bonds. The van der Waals surface area contributed by atoms with Crippen molar-refractivity contribution in [3.8, 4) is 0 Å². The van der Waals surface area contributed by atoms with Crippen LogP contribution in [0.2, 0.25) is 5.02 Å². The standard InChI is InChI=1S/C10H10ClFOS/c1-14-5-4-10(13)7-2-3-8(11)9(12)6-7/h2-3,6H,4-5H2,1H3. The first-order chi connectivity index (χ1) is 6.65. The molecule has 0 unspecified atom stereocenters. The third-order valence-corrected chi connectivity index (χ3v) is 2.69. The van der Waals surface area contributed by atoms with Crippen molar-refractivity contribution in [2.45, 2.75) is 6.42 Å². The van der Waals surface area contributed by atoms with Crippen LogP contribution in [0.15, 0.2) is 18.2 Å². The van der Waals surface area contributed by atoms with Crippen molar-refractivity contribution in [2.24, 2.45) is 0 Å². The number of carbonyl (C=O) groups is 1. The number of thioether (sulfide) groups is 1. The molecule has 1 aromatic carbocycles. The van der Waals surface area contributed by atoms with Gasteiger partial charge in [-0.3, -0.25) is 4.79 Å².